The zero-order valence-electron chi connectivity index (χ0n) is 12.6. The Morgan fingerprint density at radius 3 is 2.95 bits per heavy atom. The minimum absolute atomic E-state index is 0.130. The van der Waals surface area contributed by atoms with Crippen LogP contribution in [0.2, 0.25) is 0 Å². The second kappa shape index (κ2) is 5.74. The summed E-state index contributed by atoms with van der Waals surface area (Å²) in [7, 11) is 0. The third-order valence-corrected chi connectivity index (χ3v) is 4.57. The number of likely N-dealkylation sites (N-methyl/N-ethyl adjacent to an activating group) is 1. The molecule has 3 nitrogen and oxygen atoms in total. The zero-order chi connectivity index (χ0) is 14.0. The predicted molar refractivity (Wildman–Crippen MR) is 80.3 cm³/mol. The number of para-hydroxylation sites is 1. The van der Waals surface area contributed by atoms with Crippen molar-refractivity contribution in [3.8, 4) is 5.75 Å². The van der Waals surface area contributed by atoms with Gasteiger partial charge in [0.1, 0.15) is 5.75 Å². The molecule has 0 bridgehead atoms. The number of hydrogen-bond donors (Lipinski definition) is 1. The van der Waals surface area contributed by atoms with Crippen molar-refractivity contribution in [2.75, 3.05) is 19.8 Å². The average molecular weight is 275 g/mol. The van der Waals surface area contributed by atoms with Gasteiger partial charge < -0.3 is 14.8 Å². The molecular formula is C17H25NO2. The van der Waals surface area contributed by atoms with Crippen molar-refractivity contribution < 1.29 is 9.47 Å². The highest BCUT2D eigenvalue weighted by Gasteiger charge is 2.39. The van der Waals surface area contributed by atoms with Gasteiger partial charge in [-0.3, -0.25) is 0 Å². The van der Waals surface area contributed by atoms with Crippen molar-refractivity contribution in [1.82, 2.24) is 5.32 Å². The van der Waals surface area contributed by atoms with E-state index in [-0.39, 0.29) is 11.6 Å². The summed E-state index contributed by atoms with van der Waals surface area (Å²) in [6, 6.07) is 6.74. The third-order valence-electron chi connectivity index (χ3n) is 4.57. The quantitative estimate of drug-likeness (QED) is 0.915. The van der Waals surface area contributed by atoms with Crippen molar-refractivity contribution in [2.24, 2.45) is 0 Å². The van der Waals surface area contributed by atoms with Gasteiger partial charge >= 0.3 is 0 Å². The molecule has 1 saturated heterocycles. The summed E-state index contributed by atoms with van der Waals surface area (Å²) in [4.78, 5) is 0. The van der Waals surface area contributed by atoms with E-state index in [0.29, 0.717) is 0 Å². The Labute approximate surface area is 121 Å². The molecule has 2 aliphatic rings. The lowest BCUT2D eigenvalue weighted by Crippen LogP contribution is -2.46. The molecule has 20 heavy (non-hydrogen) atoms. The van der Waals surface area contributed by atoms with E-state index in [4.69, 9.17) is 9.47 Å². The molecule has 0 aromatic heterocycles. The summed E-state index contributed by atoms with van der Waals surface area (Å²) >= 11 is 0. The number of fused-ring (bicyclic) bond motifs is 1. The fraction of sp³-hybridized carbons (Fsp3) is 0.647. The van der Waals surface area contributed by atoms with Crippen LogP contribution in [0.25, 0.3) is 0 Å². The predicted octanol–water partition coefficient (Wildman–Crippen LogP) is 3.23. The number of ether oxygens (including phenoxy) is 2. The van der Waals surface area contributed by atoms with E-state index in [9.17, 15) is 0 Å². The van der Waals surface area contributed by atoms with E-state index in [1.54, 1.807) is 0 Å². The van der Waals surface area contributed by atoms with Crippen molar-refractivity contribution in [3.05, 3.63) is 29.3 Å². The molecule has 2 aliphatic heterocycles. The highest BCUT2D eigenvalue weighted by atomic mass is 16.5. The lowest BCUT2D eigenvalue weighted by molar-refractivity contribution is -0.0898. The van der Waals surface area contributed by atoms with Crippen molar-refractivity contribution >= 4 is 0 Å². The Balaban J connectivity index is 1.96. The van der Waals surface area contributed by atoms with Crippen LogP contribution in [0.15, 0.2) is 18.2 Å². The monoisotopic (exact) mass is 275 g/mol. The molecule has 2 atom stereocenters. The molecule has 110 valence electrons. The number of benzene rings is 1. The molecule has 1 aromatic carbocycles. The summed E-state index contributed by atoms with van der Waals surface area (Å²) < 4.78 is 12.1. The molecule has 3 rings (SSSR count). The second-order valence-electron chi connectivity index (χ2n) is 6.04. The van der Waals surface area contributed by atoms with Crippen LogP contribution in [-0.2, 0) is 11.2 Å². The van der Waals surface area contributed by atoms with E-state index in [2.05, 4.69) is 37.4 Å². The highest BCUT2D eigenvalue weighted by Crippen LogP contribution is 2.42. The van der Waals surface area contributed by atoms with Crippen molar-refractivity contribution in [3.63, 3.8) is 0 Å². The Bertz CT molecular complexity index is 466. The van der Waals surface area contributed by atoms with Crippen LogP contribution in [0.4, 0.5) is 0 Å². The van der Waals surface area contributed by atoms with Crippen LogP contribution in [0.1, 0.15) is 50.3 Å². The summed E-state index contributed by atoms with van der Waals surface area (Å²) in [5.74, 6) is 1.09. The molecule has 1 aromatic rings. The fourth-order valence-electron chi connectivity index (χ4n) is 3.51. The summed E-state index contributed by atoms with van der Waals surface area (Å²) in [5, 5.41) is 3.63. The molecule has 2 heterocycles. The zero-order valence-corrected chi connectivity index (χ0v) is 12.6. The highest BCUT2D eigenvalue weighted by molar-refractivity contribution is 5.46. The first kappa shape index (κ1) is 13.9. The molecule has 2 unspecified atom stereocenters. The molecule has 1 N–H and O–H groups in total. The maximum absolute atomic E-state index is 6.18. The number of rotatable bonds is 4. The number of nitrogens with one attached hydrogen (secondary N) is 1. The van der Waals surface area contributed by atoms with Gasteiger partial charge in [0.05, 0.1) is 18.2 Å². The van der Waals surface area contributed by atoms with Gasteiger partial charge in [0.25, 0.3) is 0 Å². The Kier molecular flexibility index (Phi) is 3.99. The molecular weight excluding hydrogens is 250 g/mol. The van der Waals surface area contributed by atoms with E-state index >= 15 is 0 Å². The van der Waals surface area contributed by atoms with Crippen LogP contribution in [0.3, 0.4) is 0 Å². The normalized spacial score (nSPS) is 26.9. The molecule has 3 heteroatoms. The minimum atomic E-state index is -0.130. The SMILES string of the molecule is CCNC(c1cccc2c1OCC2)C1(C)CCCCO1. The maximum Gasteiger partial charge on any atom is 0.127 e. The first-order valence-corrected chi connectivity index (χ1v) is 7.86. The summed E-state index contributed by atoms with van der Waals surface area (Å²) in [6.45, 7) is 7.02. The second-order valence-corrected chi connectivity index (χ2v) is 6.04. The van der Waals surface area contributed by atoms with Gasteiger partial charge in [0, 0.05) is 18.6 Å². The van der Waals surface area contributed by atoms with E-state index in [1.165, 1.54) is 24.0 Å². The summed E-state index contributed by atoms with van der Waals surface area (Å²) in [6.07, 6.45) is 4.56. The van der Waals surface area contributed by atoms with Crippen molar-refractivity contribution in [2.45, 2.75) is 51.2 Å². The summed E-state index contributed by atoms with van der Waals surface area (Å²) in [5.41, 5.74) is 2.48. The lowest BCUT2D eigenvalue weighted by atomic mass is 9.83. The van der Waals surface area contributed by atoms with Gasteiger partial charge in [-0.15, -0.1) is 0 Å². The molecule has 0 aliphatic carbocycles. The first-order chi connectivity index (χ1) is 9.74. The molecule has 0 saturated carbocycles. The molecule has 1 fully saturated rings. The lowest BCUT2D eigenvalue weighted by Gasteiger charge is -2.41. The van der Waals surface area contributed by atoms with Gasteiger partial charge in [-0.2, -0.15) is 0 Å². The Morgan fingerprint density at radius 2 is 2.20 bits per heavy atom. The van der Waals surface area contributed by atoms with Gasteiger partial charge in [-0.1, -0.05) is 25.1 Å². The van der Waals surface area contributed by atoms with Gasteiger partial charge in [0.2, 0.25) is 0 Å². The molecule has 0 spiro atoms. The van der Waals surface area contributed by atoms with Gasteiger partial charge in [0.15, 0.2) is 0 Å². The van der Waals surface area contributed by atoms with Crippen LogP contribution in [-0.4, -0.2) is 25.4 Å². The minimum Gasteiger partial charge on any atom is -0.493 e. The van der Waals surface area contributed by atoms with E-state index < -0.39 is 0 Å². The van der Waals surface area contributed by atoms with E-state index in [0.717, 1.165) is 38.3 Å². The van der Waals surface area contributed by atoms with Gasteiger partial charge in [-0.25, -0.2) is 0 Å². The van der Waals surface area contributed by atoms with Crippen LogP contribution in [0.5, 0.6) is 5.75 Å². The smallest absolute Gasteiger partial charge is 0.127 e. The van der Waals surface area contributed by atoms with Crippen molar-refractivity contribution in [1.29, 1.82) is 0 Å². The number of hydrogen-bond acceptors (Lipinski definition) is 3. The van der Waals surface area contributed by atoms with Gasteiger partial charge in [-0.05, 0) is 38.3 Å². The standard InChI is InChI=1S/C17H25NO2/c1-3-18-16(17(2)10-4-5-11-20-17)14-8-6-7-13-9-12-19-15(13)14/h6-8,16,18H,3-5,9-12H2,1-2H3. The van der Waals surface area contributed by atoms with Crippen LogP contribution >= 0.6 is 0 Å². The largest absolute Gasteiger partial charge is 0.493 e. The van der Waals surface area contributed by atoms with E-state index in [1.807, 2.05) is 0 Å². The molecule has 0 radical (unpaired) electrons. The Hall–Kier alpha value is -1.06. The average Bonchev–Trinajstić information content (AvgIpc) is 2.94. The maximum atomic E-state index is 6.18. The molecule has 0 amide bonds. The fourth-order valence-corrected chi connectivity index (χ4v) is 3.51. The first-order valence-electron chi connectivity index (χ1n) is 7.86. The third kappa shape index (κ3) is 2.45. The topological polar surface area (TPSA) is 30.5 Å². The van der Waals surface area contributed by atoms with Crippen LogP contribution in [0, 0.1) is 0 Å². The van der Waals surface area contributed by atoms with Crippen LogP contribution < -0.4 is 10.1 Å². The Morgan fingerprint density at radius 1 is 1.30 bits per heavy atom.